The summed E-state index contributed by atoms with van der Waals surface area (Å²) in [6.07, 6.45) is -1.63. The van der Waals surface area contributed by atoms with Gasteiger partial charge in [-0.25, -0.2) is 0 Å². The monoisotopic (exact) mass is 452 g/mol. The van der Waals surface area contributed by atoms with Crippen LogP contribution in [0.4, 0.5) is 24.5 Å². The molecule has 0 atom stereocenters. The first kappa shape index (κ1) is 23.6. The van der Waals surface area contributed by atoms with E-state index in [1.54, 1.807) is 12.1 Å². The molecule has 0 aromatic heterocycles. The van der Waals surface area contributed by atoms with Gasteiger partial charge in [0.05, 0.1) is 44.7 Å². The molecule has 0 saturated carbocycles. The van der Waals surface area contributed by atoms with E-state index in [-0.39, 0.29) is 12.1 Å². The molecule has 1 heterocycles. The molecule has 1 aliphatic rings. The van der Waals surface area contributed by atoms with Crippen molar-refractivity contribution in [2.24, 2.45) is 0 Å². The molecule has 32 heavy (non-hydrogen) atoms. The van der Waals surface area contributed by atoms with Crippen LogP contribution in [0.15, 0.2) is 30.3 Å². The smallest absolute Gasteiger partial charge is 0.416 e. The van der Waals surface area contributed by atoms with E-state index in [1.807, 2.05) is 4.90 Å². The van der Waals surface area contributed by atoms with Crippen LogP contribution in [-0.2, 0) is 17.4 Å². The molecule has 0 unspecified atom stereocenters. The van der Waals surface area contributed by atoms with Gasteiger partial charge in [-0.15, -0.1) is 0 Å². The highest BCUT2D eigenvalue weighted by molar-refractivity contribution is 5.96. The van der Waals surface area contributed by atoms with Gasteiger partial charge in [0.1, 0.15) is 0 Å². The molecule has 9 heteroatoms. The third-order valence-electron chi connectivity index (χ3n) is 5.43. The minimum absolute atomic E-state index is 0.112. The Hall–Kier alpha value is -3.10. The van der Waals surface area contributed by atoms with Crippen LogP contribution in [0.25, 0.3) is 0 Å². The van der Waals surface area contributed by atoms with Gasteiger partial charge in [0.2, 0.25) is 11.7 Å². The SMILES string of the molecule is COc1ccc(CC(=O)Nc2cc(C(F)(F)F)ccc2N2CCCCC2)c(OC)c1OC. The number of halogens is 3. The number of ether oxygens (including phenoxy) is 3. The molecule has 174 valence electrons. The van der Waals surface area contributed by atoms with Crippen molar-refractivity contribution in [3.8, 4) is 17.2 Å². The number of alkyl halides is 3. The van der Waals surface area contributed by atoms with Gasteiger partial charge in [0.15, 0.2) is 11.5 Å². The molecule has 3 rings (SSSR count). The van der Waals surface area contributed by atoms with Crippen molar-refractivity contribution in [3.63, 3.8) is 0 Å². The summed E-state index contributed by atoms with van der Waals surface area (Å²) in [5.74, 6) is 0.655. The molecule has 0 aliphatic carbocycles. The molecule has 1 fully saturated rings. The average Bonchev–Trinajstić information content (AvgIpc) is 2.78. The van der Waals surface area contributed by atoms with Gasteiger partial charge in [-0.1, -0.05) is 6.07 Å². The van der Waals surface area contributed by atoms with E-state index in [0.717, 1.165) is 44.5 Å². The first-order valence-corrected chi connectivity index (χ1v) is 10.3. The highest BCUT2D eigenvalue weighted by Crippen LogP contribution is 2.40. The van der Waals surface area contributed by atoms with E-state index < -0.39 is 17.6 Å². The maximum Gasteiger partial charge on any atom is 0.416 e. The number of anilines is 2. The standard InChI is InChI=1S/C23H27F3N2O4/c1-30-19-10-7-15(21(31-2)22(19)32-3)13-20(29)27-17-14-16(23(24,25)26)8-9-18(17)28-11-5-4-6-12-28/h7-10,14H,4-6,11-13H2,1-3H3,(H,27,29). The summed E-state index contributed by atoms with van der Waals surface area (Å²) in [5, 5.41) is 2.68. The summed E-state index contributed by atoms with van der Waals surface area (Å²) >= 11 is 0. The van der Waals surface area contributed by atoms with Gasteiger partial charge >= 0.3 is 6.18 Å². The molecule has 0 radical (unpaired) electrons. The number of hydrogen-bond acceptors (Lipinski definition) is 5. The van der Waals surface area contributed by atoms with Crippen molar-refractivity contribution in [2.45, 2.75) is 31.9 Å². The van der Waals surface area contributed by atoms with Crippen LogP contribution in [0.3, 0.4) is 0 Å². The summed E-state index contributed by atoms with van der Waals surface area (Å²) in [4.78, 5) is 14.9. The second-order valence-corrected chi connectivity index (χ2v) is 7.50. The van der Waals surface area contributed by atoms with Gasteiger partial charge in [0, 0.05) is 18.7 Å². The summed E-state index contributed by atoms with van der Waals surface area (Å²) in [5.41, 5.74) is 0.447. The molecule has 2 aromatic rings. The molecular weight excluding hydrogens is 425 g/mol. The molecule has 1 aliphatic heterocycles. The lowest BCUT2D eigenvalue weighted by molar-refractivity contribution is -0.137. The summed E-state index contributed by atoms with van der Waals surface area (Å²) in [7, 11) is 4.39. The number of benzene rings is 2. The van der Waals surface area contributed by atoms with Crippen molar-refractivity contribution in [2.75, 3.05) is 44.6 Å². The van der Waals surface area contributed by atoms with Gasteiger partial charge in [-0.05, 0) is 43.5 Å². The van der Waals surface area contributed by atoms with Crippen LogP contribution in [0.1, 0.15) is 30.4 Å². The molecular formula is C23H27F3N2O4. The van der Waals surface area contributed by atoms with Crippen LogP contribution in [-0.4, -0.2) is 40.3 Å². The Labute approximate surface area is 185 Å². The Morgan fingerprint density at radius 2 is 1.66 bits per heavy atom. The number of nitrogens with one attached hydrogen (secondary N) is 1. The van der Waals surface area contributed by atoms with E-state index in [2.05, 4.69) is 5.32 Å². The number of hydrogen-bond donors (Lipinski definition) is 1. The van der Waals surface area contributed by atoms with E-state index >= 15 is 0 Å². The predicted molar refractivity (Wildman–Crippen MR) is 116 cm³/mol. The summed E-state index contributed by atoms with van der Waals surface area (Å²) in [6, 6.07) is 6.79. The van der Waals surface area contributed by atoms with Crippen molar-refractivity contribution < 1.29 is 32.2 Å². The molecule has 6 nitrogen and oxygen atoms in total. The fourth-order valence-electron chi connectivity index (χ4n) is 3.89. The van der Waals surface area contributed by atoms with E-state index in [1.165, 1.54) is 27.4 Å². The normalized spacial score (nSPS) is 14.1. The third-order valence-corrected chi connectivity index (χ3v) is 5.43. The molecule has 1 amide bonds. The van der Waals surface area contributed by atoms with Gasteiger partial charge in [0.25, 0.3) is 0 Å². The fraction of sp³-hybridized carbons (Fsp3) is 0.435. The second-order valence-electron chi connectivity index (χ2n) is 7.50. The molecule has 0 spiro atoms. The number of methoxy groups -OCH3 is 3. The highest BCUT2D eigenvalue weighted by Gasteiger charge is 2.32. The lowest BCUT2D eigenvalue weighted by atomic mass is 10.1. The topological polar surface area (TPSA) is 60.0 Å². The molecule has 1 N–H and O–H groups in total. The zero-order valence-electron chi connectivity index (χ0n) is 18.3. The molecule has 0 bridgehead atoms. The number of rotatable bonds is 7. The second kappa shape index (κ2) is 10.0. The Morgan fingerprint density at radius 3 is 2.25 bits per heavy atom. The van der Waals surface area contributed by atoms with E-state index in [4.69, 9.17) is 14.2 Å². The average molecular weight is 452 g/mol. The Kier molecular flexibility index (Phi) is 7.37. The maximum atomic E-state index is 13.3. The van der Waals surface area contributed by atoms with Crippen LogP contribution < -0.4 is 24.4 Å². The van der Waals surface area contributed by atoms with E-state index in [0.29, 0.717) is 28.5 Å². The van der Waals surface area contributed by atoms with Gasteiger partial charge in [-0.3, -0.25) is 4.79 Å². The summed E-state index contributed by atoms with van der Waals surface area (Å²) < 4.78 is 55.9. The first-order valence-electron chi connectivity index (χ1n) is 10.3. The zero-order chi connectivity index (χ0) is 23.3. The third kappa shape index (κ3) is 5.20. The fourth-order valence-corrected chi connectivity index (χ4v) is 3.89. The van der Waals surface area contributed by atoms with Crippen molar-refractivity contribution >= 4 is 17.3 Å². The number of piperidine rings is 1. The largest absolute Gasteiger partial charge is 0.493 e. The van der Waals surface area contributed by atoms with Crippen LogP contribution in [0.5, 0.6) is 17.2 Å². The maximum absolute atomic E-state index is 13.3. The van der Waals surface area contributed by atoms with E-state index in [9.17, 15) is 18.0 Å². The van der Waals surface area contributed by atoms with Crippen molar-refractivity contribution in [3.05, 3.63) is 41.5 Å². The quantitative estimate of drug-likeness (QED) is 0.648. The zero-order valence-corrected chi connectivity index (χ0v) is 18.3. The molecule has 2 aromatic carbocycles. The van der Waals surface area contributed by atoms with Crippen LogP contribution in [0.2, 0.25) is 0 Å². The van der Waals surface area contributed by atoms with Crippen molar-refractivity contribution in [1.29, 1.82) is 0 Å². The Morgan fingerprint density at radius 1 is 0.969 bits per heavy atom. The minimum atomic E-state index is -4.51. The van der Waals surface area contributed by atoms with Crippen molar-refractivity contribution in [1.82, 2.24) is 0 Å². The lowest BCUT2D eigenvalue weighted by Crippen LogP contribution is -2.30. The number of nitrogens with zero attached hydrogens (tertiary/aromatic N) is 1. The highest BCUT2D eigenvalue weighted by atomic mass is 19.4. The van der Waals surface area contributed by atoms with Crippen LogP contribution >= 0.6 is 0 Å². The first-order chi connectivity index (χ1) is 15.3. The lowest BCUT2D eigenvalue weighted by Gasteiger charge is -2.31. The Balaban J connectivity index is 1.89. The number of carbonyl (C=O) groups excluding carboxylic acids is 1. The summed E-state index contributed by atoms with van der Waals surface area (Å²) in [6.45, 7) is 1.47. The predicted octanol–water partition coefficient (Wildman–Crippen LogP) is 4.90. The molecule has 1 saturated heterocycles. The minimum Gasteiger partial charge on any atom is -0.493 e. The number of carbonyl (C=O) groups is 1. The number of amides is 1. The van der Waals surface area contributed by atoms with Crippen LogP contribution in [0, 0.1) is 0 Å². The Bertz CT molecular complexity index is 957. The van der Waals surface area contributed by atoms with Gasteiger partial charge in [-0.2, -0.15) is 13.2 Å². The van der Waals surface area contributed by atoms with Gasteiger partial charge < -0.3 is 24.4 Å².